The van der Waals surface area contributed by atoms with Crippen molar-refractivity contribution in [3.63, 3.8) is 0 Å². The normalized spacial score (nSPS) is 12.9. The molecule has 2 N–H and O–H groups in total. The molecule has 0 rings (SSSR count). The minimum atomic E-state index is -0.981. The van der Waals surface area contributed by atoms with Gasteiger partial charge in [0.1, 0.15) is 0 Å². The lowest BCUT2D eigenvalue weighted by Gasteiger charge is -2.09. The van der Waals surface area contributed by atoms with Crippen molar-refractivity contribution in [1.82, 2.24) is 10.0 Å². The zero-order chi connectivity index (χ0) is 17.2. The van der Waals surface area contributed by atoms with E-state index in [0.717, 1.165) is 13.1 Å². The maximum atomic E-state index is 11.4. The van der Waals surface area contributed by atoms with Crippen LogP contribution in [0.25, 0.3) is 0 Å². The van der Waals surface area contributed by atoms with Crippen LogP contribution in [0.15, 0.2) is 0 Å². The second-order valence-corrected chi connectivity index (χ2v) is 6.87. The number of rotatable bonds is 18. The quantitative estimate of drug-likeness (QED) is 0.345. The van der Waals surface area contributed by atoms with Gasteiger partial charge in [0.2, 0.25) is 0 Å². The third-order valence-corrected chi connectivity index (χ3v) is 4.05. The predicted molar refractivity (Wildman–Crippen MR) is 93.1 cm³/mol. The standard InChI is InChI=1S/C15H34N2O5S/c1-4-16-5-7-19-9-11-21-13-14-22-12-10-20-8-6-17-23(18)15(2)3/h15-17H,4-14H2,1-3H3. The van der Waals surface area contributed by atoms with Crippen molar-refractivity contribution in [3.8, 4) is 0 Å². The highest BCUT2D eigenvalue weighted by atomic mass is 32.2. The molecule has 0 saturated carbocycles. The van der Waals surface area contributed by atoms with Gasteiger partial charge < -0.3 is 24.3 Å². The van der Waals surface area contributed by atoms with E-state index in [9.17, 15) is 4.21 Å². The summed E-state index contributed by atoms with van der Waals surface area (Å²) in [6.45, 7) is 12.9. The van der Waals surface area contributed by atoms with Gasteiger partial charge in [0.15, 0.2) is 0 Å². The Kier molecular flexibility index (Phi) is 18.2. The van der Waals surface area contributed by atoms with Gasteiger partial charge in [-0.1, -0.05) is 6.92 Å². The molecule has 0 radical (unpaired) electrons. The summed E-state index contributed by atoms with van der Waals surface area (Å²) in [6.07, 6.45) is 0. The first-order chi connectivity index (χ1) is 11.2. The summed E-state index contributed by atoms with van der Waals surface area (Å²) in [4.78, 5) is 0. The third kappa shape index (κ3) is 18.1. The average Bonchev–Trinajstić information content (AvgIpc) is 2.54. The summed E-state index contributed by atoms with van der Waals surface area (Å²) in [6, 6.07) is 0. The molecule has 1 atom stereocenters. The Hall–Kier alpha value is -0.0900. The second-order valence-electron chi connectivity index (χ2n) is 5.04. The molecule has 7 nitrogen and oxygen atoms in total. The van der Waals surface area contributed by atoms with E-state index < -0.39 is 11.0 Å². The molecule has 0 aromatic heterocycles. The smallest absolute Gasteiger partial charge is 0.0942 e. The molecular weight excluding hydrogens is 320 g/mol. The molecule has 23 heavy (non-hydrogen) atoms. The predicted octanol–water partition coefficient (Wildman–Crippen LogP) is 0.324. The van der Waals surface area contributed by atoms with Gasteiger partial charge in [-0.2, -0.15) is 0 Å². The van der Waals surface area contributed by atoms with Crippen LogP contribution in [-0.4, -0.2) is 81.9 Å². The van der Waals surface area contributed by atoms with Gasteiger partial charge in [-0.05, 0) is 20.4 Å². The van der Waals surface area contributed by atoms with E-state index in [1.165, 1.54) is 0 Å². The molecule has 0 aliphatic heterocycles. The molecule has 0 amide bonds. The van der Waals surface area contributed by atoms with Crippen molar-refractivity contribution in [2.45, 2.75) is 26.0 Å². The molecule has 0 bridgehead atoms. The van der Waals surface area contributed by atoms with Crippen molar-refractivity contribution in [3.05, 3.63) is 0 Å². The lowest BCUT2D eigenvalue weighted by molar-refractivity contribution is -0.000770. The van der Waals surface area contributed by atoms with Crippen LogP contribution in [0, 0.1) is 0 Å². The first kappa shape index (κ1) is 22.9. The van der Waals surface area contributed by atoms with Gasteiger partial charge in [-0.25, -0.2) is 8.93 Å². The van der Waals surface area contributed by atoms with Crippen molar-refractivity contribution in [1.29, 1.82) is 0 Å². The van der Waals surface area contributed by atoms with E-state index in [0.29, 0.717) is 59.4 Å². The zero-order valence-corrected chi connectivity index (χ0v) is 15.6. The number of likely N-dealkylation sites (N-methyl/N-ethyl adjacent to an activating group) is 1. The van der Waals surface area contributed by atoms with Crippen LogP contribution in [0.3, 0.4) is 0 Å². The van der Waals surface area contributed by atoms with Gasteiger partial charge in [0.05, 0.1) is 63.8 Å². The van der Waals surface area contributed by atoms with Crippen molar-refractivity contribution in [2.24, 2.45) is 0 Å². The fourth-order valence-electron chi connectivity index (χ4n) is 1.46. The number of nitrogens with one attached hydrogen (secondary N) is 2. The van der Waals surface area contributed by atoms with Crippen LogP contribution < -0.4 is 10.0 Å². The summed E-state index contributed by atoms with van der Waals surface area (Å²) in [5, 5.41) is 3.31. The summed E-state index contributed by atoms with van der Waals surface area (Å²) in [5.74, 6) is 0. The Morgan fingerprint density at radius 1 is 0.783 bits per heavy atom. The van der Waals surface area contributed by atoms with Crippen molar-refractivity contribution >= 4 is 11.0 Å². The number of ether oxygens (including phenoxy) is 4. The molecule has 0 saturated heterocycles. The van der Waals surface area contributed by atoms with E-state index in [1.807, 2.05) is 13.8 Å². The van der Waals surface area contributed by atoms with Gasteiger partial charge in [-0.3, -0.25) is 0 Å². The van der Waals surface area contributed by atoms with E-state index in [2.05, 4.69) is 17.0 Å². The van der Waals surface area contributed by atoms with Gasteiger partial charge >= 0.3 is 0 Å². The van der Waals surface area contributed by atoms with E-state index in [-0.39, 0.29) is 5.25 Å². The Labute approximate surface area is 143 Å². The Balaban J connectivity index is 3.04. The molecular formula is C15H34N2O5S. The maximum absolute atomic E-state index is 11.4. The molecule has 0 aliphatic rings. The molecule has 0 aliphatic carbocycles. The highest BCUT2D eigenvalue weighted by molar-refractivity contribution is 7.83. The minimum Gasteiger partial charge on any atom is -0.378 e. The van der Waals surface area contributed by atoms with Crippen LogP contribution in [0.2, 0.25) is 0 Å². The van der Waals surface area contributed by atoms with Crippen molar-refractivity contribution in [2.75, 3.05) is 72.5 Å². The van der Waals surface area contributed by atoms with Crippen LogP contribution in [0.4, 0.5) is 0 Å². The monoisotopic (exact) mass is 354 g/mol. The van der Waals surface area contributed by atoms with Gasteiger partial charge in [0.25, 0.3) is 0 Å². The first-order valence-corrected chi connectivity index (χ1v) is 9.55. The van der Waals surface area contributed by atoms with E-state index in [1.54, 1.807) is 0 Å². The Morgan fingerprint density at radius 2 is 1.22 bits per heavy atom. The molecule has 1 unspecified atom stereocenters. The highest BCUT2D eigenvalue weighted by Gasteiger charge is 2.02. The second kappa shape index (κ2) is 18.3. The molecule has 0 fully saturated rings. The molecule has 0 aromatic carbocycles. The minimum absolute atomic E-state index is 0.122. The topological polar surface area (TPSA) is 78.1 Å². The third-order valence-electron chi connectivity index (χ3n) is 2.71. The van der Waals surface area contributed by atoms with Crippen molar-refractivity contribution < 1.29 is 23.2 Å². The van der Waals surface area contributed by atoms with Crippen LogP contribution in [0.5, 0.6) is 0 Å². The molecule has 140 valence electrons. The first-order valence-electron chi connectivity index (χ1n) is 8.34. The lowest BCUT2D eigenvalue weighted by atomic mass is 10.6. The summed E-state index contributed by atoms with van der Waals surface area (Å²) in [5.41, 5.74) is 0. The maximum Gasteiger partial charge on any atom is 0.0942 e. The van der Waals surface area contributed by atoms with Crippen LogP contribution >= 0.6 is 0 Å². The summed E-state index contributed by atoms with van der Waals surface area (Å²) < 4.78 is 35.8. The van der Waals surface area contributed by atoms with E-state index in [4.69, 9.17) is 18.9 Å². The Bertz CT molecular complexity index is 270. The molecule has 0 heterocycles. The SMILES string of the molecule is CCNCCOCCOCCOCCOCCNS(=O)C(C)C. The fourth-order valence-corrected chi connectivity index (χ4v) is 2.08. The Morgan fingerprint density at radius 3 is 1.65 bits per heavy atom. The molecule has 8 heteroatoms. The number of hydrogen-bond acceptors (Lipinski definition) is 6. The molecule has 0 spiro atoms. The van der Waals surface area contributed by atoms with Crippen LogP contribution in [0.1, 0.15) is 20.8 Å². The van der Waals surface area contributed by atoms with E-state index >= 15 is 0 Å². The van der Waals surface area contributed by atoms with Crippen LogP contribution in [-0.2, 0) is 29.9 Å². The zero-order valence-electron chi connectivity index (χ0n) is 14.8. The largest absolute Gasteiger partial charge is 0.378 e. The fraction of sp³-hybridized carbons (Fsp3) is 1.00. The number of hydrogen-bond donors (Lipinski definition) is 2. The highest BCUT2D eigenvalue weighted by Crippen LogP contribution is 1.88. The average molecular weight is 355 g/mol. The van der Waals surface area contributed by atoms with Gasteiger partial charge in [-0.15, -0.1) is 0 Å². The van der Waals surface area contributed by atoms with Gasteiger partial charge in [0, 0.05) is 18.3 Å². The molecule has 0 aromatic rings. The lowest BCUT2D eigenvalue weighted by Crippen LogP contribution is -2.27. The summed E-state index contributed by atoms with van der Waals surface area (Å²) in [7, 11) is -0.981. The summed E-state index contributed by atoms with van der Waals surface area (Å²) >= 11 is 0.